The van der Waals surface area contributed by atoms with Crippen LogP contribution in [0, 0.1) is 0 Å². The van der Waals surface area contributed by atoms with Crippen LogP contribution in [0.15, 0.2) is 24.3 Å². The van der Waals surface area contributed by atoms with Crippen LogP contribution >= 0.6 is 0 Å². The van der Waals surface area contributed by atoms with Gasteiger partial charge in [-0.15, -0.1) is 0 Å². The number of nitrogens with one attached hydrogen (secondary N) is 1. The van der Waals surface area contributed by atoms with Crippen molar-refractivity contribution < 1.29 is 14.7 Å². The molecule has 0 spiro atoms. The Morgan fingerprint density at radius 3 is 2.56 bits per heavy atom. The Bertz CT molecular complexity index is 357. The summed E-state index contributed by atoms with van der Waals surface area (Å²) in [6, 6.07) is 6.38. The first-order chi connectivity index (χ1) is 7.63. The number of hydrogen-bond acceptors (Lipinski definition) is 3. The average Bonchev–Trinajstić information content (AvgIpc) is 2.28. The summed E-state index contributed by atoms with van der Waals surface area (Å²) in [7, 11) is 0. The molecule has 4 nitrogen and oxygen atoms in total. The maximum absolute atomic E-state index is 11.5. The van der Waals surface area contributed by atoms with E-state index in [2.05, 4.69) is 5.32 Å². The monoisotopic (exact) mass is 221 g/mol. The molecule has 0 bridgehead atoms. The van der Waals surface area contributed by atoms with E-state index in [-0.39, 0.29) is 5.91 Å². The van der Waals surface area contributed by atoms with Gasteiger partial charge in [-0.05, 0) is 25.5 Å². The number of amides is 1. The first-order valence-electron chi connectivity index (χ1n) is 5.15. The Hall–Kier alpha value is -1.68. The summed E-state index contributed by atoms with van der Waals surface area (Å²) >= 11 is 0. The van der Waals surface area contributed by atoms with Crippen molar-refractivity contribution in [2.45, 2.75) is 19.4 Å². The van der Waals surface area contributed by atoms with Crippen LogP contribution < -0.4 is 5.32 Å². The van der Waals surface area contributed by atoms with Gasteiger partial charge in [-0.3, -0.25) is 9.59 Å². The van der Waals surface area contributed by atoms with Crippen LogP contribution in [0.3, 0.4) is 0 Å². The van der Waals surface area contributed by atoms with E-state index in [4.69, 9.17) is 5.11 Å². The molecule has 0 aromatic heterocycles. The molecule has 0 heterocycles. The van der Waals surface area contributed by atoms with Crippen molar-refractivity contribution >= 4 is 12.2 Å². The fraction of sp³-hybridized carbons (Fsp3) is 0.333. The van der Waals surface area contributed by atoms with Crippen molar-refractivity contribution in [2.75, 3.05) is 6.54 Å². The molecule has 0 aliphatic heterocycles. The minimum atomic E-state index is -0.419. The number of aldehydes is 1. The lowest BCUT2D eigenvalue weighted by atomic mass is 10.1. The van der Waals surface area contributed by atoms with Gasteiger partial charge in [0, 0.05) is 17.7 Å². The molecule has 0 saturated heterocycles. The van der Waals surface area contributed by atoms with Gasteiger partial charge in [0.15, 0.2) is 0 Å². The summed E-state index contributed by atoms with van der Waals surface area (Å²) < 4.78 is 0. The molecule has 1 amide bonds. The standard InChI is InChI=1S/C12H15NO3/c1-9(15)6-7-13-12(16)11-4-2-10(8-14)3-5-11/h2-5,8-9,15H,6-7H2,1H3,(H,13,16). The van der Waals surface area contributed by atoms with E-state index in [0.717, 1.165) is 6.29 Å². The van der Waals surface area contributed by atoms with E-state index in [0.29, 0.717) is 24.1 Å². The smallest absolute Gasteiger partial charge is 0.251 e. The SMILES string of the molecule is CC(O)CCNC(=O)c1ccc(C=O)cc1. The van der Waals surface area contributed by atoms with Crippen molar-refractivity contribution in [3.05, 3.63) is 35.4 Å². The highest BCUT2D eigenvalue weighted by Gasteiger charge is 2.04. The van der Waals surface area contributed by atoms with Crippen molar-refractivity contribution in [2.24, 2.45) is 0 Å². The van der Waals surface area contributed by atoms with Crippen molar-refractivity contribution in [1.29, 1.82) is 0 Å². The maximum atomic E-state index is 11.5. The zero-order chi connectivity index (χ0) is 12.0. The van der Waals surface area contributed by atoms with E-state index in [1.165, 1.54) is 0 Å². The third-order valence-corrected chi connectivity index (χ3v) is 2.16. The molecule has 2 N–H and O–H groups in total. The molecule has 0 aliphatic rings. The Morgan fingerprint density at radius 1 is 1.44 bits per heavy atom. The normalized spacial score (nSPS) is 11.9. The lowest BCUT2D eigenvalue weighted by molar-refractivity contribution is 0.0945. The fourth-order valence-corrected chi connectivity index (χ4v) is 1.21. The highest BCUT2D eigenvalue weighted by Crippen LogP contribution is 2.02. The molecule has 0 radical (unpaired) electrons. The molecule has 0 saturated carbocycles. The molecule has 86 valence electrons. The van der Waals surface area contributed by atoms with Gasteiger partial charge in [0.05, 0.1) is 6.10 Å². The van der Waals surface area contributed by atoms with Crippen LogP contribution in [0.5, 0.6) is 0 Å². The number of carbonyl (C=O) groups is 2. The number of rotatable bonds is 5. The molecule has 0 aliphatic carbocycles. The number of aliphatic hydroxyl groups excluding tert-OH is 1. The second-order valence-electron chi connectivity index (χ2n) is 3.63. The Balaban J connectivity index is 2.49. The molecule has 1 rings (SSSR count). The van der Waals surface area contributed by atoms with Gasteiger partial charge in [-0.25, -0.2) is 0 Å². The third-order valence-electron chi connectivity index (χ3n) is 2.16. The van der Waals surface area contributed by atoms with Gasteiger partial charge in [-0.2, -0.15) is 0 Å². The molecule has 1 aromatic carbocycles. The Labute approximate surface area is 94.3 Å². The maximum Gasteiger partial charge on any atom is 0.251 e. The summed E-state index contributed by atoms with van der Waals surface area (Å²) in [5, 5.41) is 11.7. The molecule has 1 aromatic rings. The van der Waals surface area contributed by atoms with Crippen molar-refractivity contribution in [3.8, 4) is 0 Å². The minimum absolute atomic E-state index is 0.196. The van der Waals surface area contributed by atoms with Crippen LogP contribution in [0.4, 0.5) is 0 Å². The zero-order valence-corrected chi connectivity index (χ0v) is 9.14. The van der Waals surface area contributed by atoms with E-state index < -0.39 is 6.10 Å². The van der Waals surface area contributed by atoms with E-state index in [1.807, 2.05) is 0 Å². The average molecular weight is 221 g/mol. The van der Waals surface area contributed by atoms with Gasteiger partial charge in [-0.1, -0.05) is 12.1 Å². The minimum Gasteiger partial charge on any atom is -0.393 e. The van der Waals surface area contributed by atoms with Crippen LogP contribution in [0.1, 0.15) is 34.1 Å². The highest BCUT2D eigenvalue weighted by molar-refractivity contribution is 5.94. The van der Waals surface area contributed by atoms with E-state index in [9.17, 15) is 9.59 Å². The van der Waals surface area contributed by atoms with Crippen molar-refractivity contribution in [1.82, 2.24) is 5.32 Å². The quantitative estimate of drug-likeness (QED) is 0.729. The topological polar surface area (TPSA) is 66.4 Å². The fourth-order valence-electron chi connectivity index (χ4n) is 1.21. The van der Waals surface area contributed by atoms with Gasteiger partial charge < -0.3 is 10.4 Å². The van der Waals surface area contributed by atoms with Gasteiger partial charge in [0.25, 0.3) is 5.91 Å². The largest absolute Gasteiger partial charge is 0.393 e. The predicted molar refractivity (Wildman–Crippen MR) is 60.5 cm³/mol. The molecular weight excluding hydrogens is 206 g/mol. The van der Waals surface area contributed by atoms with E-state index >= 15 is 0 Å². The predicted octanol–water partition coefficient (Wildman–Crippen LogP) is 1.000. The van der Waals surface area contributed by atoms with Crippen LogP contribution in [-0.4, -0.2) is 29.9 Å². The summed E-state index contributed by atoms with van der Waals surface area (Å²) in [6.07, 6.45) is 0.838. The Kier molecular flexibility index (Phi) is 4.66. The molecular formula is C12H15NO3. The molecule has 1 unspecified atom stereocenters. The van der Waals surface area contributed by atoms with Gasteiger partial charge in [0.1, 0.15) is 6.29 Å². The second-order valence-corrected chi connectivity index (χ2v) is 3.63. The third kappa shape index (κ3) is 3.82. The van der Waals surface area contributed by atoms with Crippen LogP contribution in [-0.2, 0) is 0 Å². The summed E-state index contributed by atoms with van der Waals surface area (Å²) in [6.45, 7) is 2.11. The first-order valence-corrected chi connectivity index (χ1v) is 5.15. The van der Waals surface area contributed by atoms with Crippen LogP contribution in [0.25, 0.3) is 0 Å². The molecule has 0 fully saturated rings. The zero-order valence-electron chi connectivity index (χ0n) is 9.14. The first kappa shape index (κ1) is 12.4. The lowest BCUT2D eigenvalue weighted by Crippen LogP contribution is -2.26. The highest BCUT2D eigenvalue weighted by atomic mass is 16.3. The number of aliphatic hydroxyl groups is 1. The molecule has 1 atom stereocenters. The Morgan fingerprint density at radius 2 is 2.06 bits per heavy atom. The summed E-state index contributed by atoms with van der Waals surface area (Å²) in [5.74, 6) is -0.196. The number of hydrogen-bond donors (Lipinski definition) is 2. The number of benzene rings is 1. The van der Waals surface area contributed by atoms with Gasteiger partial charge in [0.2, 0.25) is 0 Å². The summed E-state index contributed by atoms with van der Waals surface area (Å²) in [5.41, 5.74) is 1.05. The van der Waals surface area contributed by atoms with E-state index in [1.54, 1.807) is 31.2 Å². The molecule has 16 heavy (non-hydrogen) atoms. The summed E-state index contributed by atoms with van der Waals surface area (Å²) in [4.78, 5) is 22.0. The number of carbonyl (C=O) groups excluding carboxylic acids is 2. The van der Waals surface area contributed by atoms with Gasteiger partial charge >= 0.3 is 0 Å². The second kappa shape index (κ2) is 6.02. The van der Waals surface area contributed by atoms with Crippen LogP contribution in [0.2, 0.25) is 0 Å². The lowest BCUT2D eigenvalue weighted by Gasteiger charge is -2.06. The molecule has 4 heteroatoms. The van der Waals surface area contributed by atoms with Crippen molar-refractivity contribution in [3.63, 3.8) is 0 Å².